The average molecular weight is 188 g/mol. The molecule has 0 aromatic carbocycles. The topological polar surface area (TPSA) is 34.9 Å². The van der Waals surface area contributed by atoms with Crippen molar-refractivity contribution in [3.8, 4) is 0 Å². The van der Waals surface area contributed by atoms with E-state index in [0.717, 1.165) is 0 Å². The van der Waals surface area contributed by atoms with Crippen LogP contribution in [-0.4, -0.2) is 22.9 Å². The van der Waals surface area contributed by atoms with Crippen molar-refractivity contribution in [3.63, 3.8) is 0 Å². The molecule has 0 aliphatic rings. The van der Waals surface area contributed by atoms with Gasteiger partial charge in [-0.15, -0.1) is 0 Å². The van der Waals surface area contributed by atoms with E-state index in [1.165, 1.54) is 0 Å². The molecule has 0 saturated carbocycles. The number of hydrogen-bond acceptors (Lipinski definition) is 2. The molecule has 3 nitrogen and oxygen atoms in total. The molecule has 0 saturated heterocycles. The molecule has 1 heterocycles. The first-order valence-corrected chi connectivity index (χ1v) is 6.65. The van der Waals surface area contributed by atoms with E-state index in [9.17, 15) is 4.57 Å². The molecule has 1 rings (SSSR count). The molecule has 0 N–H and O–H groups in total. The Morgan fingerprint density at radius 3 is 2.08 bits per heavy atom. The molecular weight excluding hydrogens is 171 g/mol. The van der Waals surface area contributed by atoms with Gasteiger partial charge in [0.25, 0.3) is 0 Å². The van der Waals surface area contributed by atoms with E-state index in [1.54, 1.807) is 30.3 Å². The second-order valence-electron chi connectivity index (χ2n) is 2.69. The summed E-state index contributed by atoms with van der Waals surface area (Å²) in [5.74, 6) is 0. The van der Waals surface area contributed by atoms with Gasteiger partial charge >= 0.3 is 0 Å². The fourth-order valence-electron chi connectivity index (χ4n) is 0.877. The maximum atomic E-state index is 11.4. The van der Waals surface area contributed by atoms with Crippen molar-refractivity contribution in [2.45, 2.75) is 13.8 Å². The van der Waals surface area contributed by atoms with Gasteiger partial charge in [-0.3, -0.25) is 0 Å². The van der Waals surface area contributed by atoms with E-state index in [0.29, 0.717) is 5.57 Å². The van der Waals surface area contributed by atoms with Crippen LogP contribution in [0.15, 0.2) is 12.4 Å². The van der Waals surface area contributed by atoms with Gasteiger partial charge in [-0.05, 0) is 13.3 Å². The molecule has 0 aliphatic heterocycles. The minimum atomic E-state index is -2.16. The quantitative estimate of drug-likeness (QED) is 0.628. The van der Waals surface area contributed by atoms with Crippen molar-refractivity contribution < 1.29 is 4.57 Å². The molecule has 1 aromatic heterocycles. The van der Waals surface area contributed by atoms with Crippen LogP contribution in [0.1, 0.15) is 13.8 Å². The van der Waals surface area contributed by atoms with Crippen LogP contribution in [0, 0.1) is 0 Å². The number of aryl methyl sites for hydroxylation is 1. The highest BCUT2D eigenvalue weighted by Crippen LogP contribution is 2.32. The maximum Gasteiger partial charge on any atom is 0.168 e. The molecule has 0 spiro atoms. The summed E-state index contributed by atoms with van der Waals surface area (Å²) in [4.78, 5) is 3.99. The summed E-state index contributed by atoms with van der Waals surface area (Å²) in [6.45, 7) is 7.44. The minimum Gasteiger partial charge on any atom is -0.332 e. The molecule has 12 heavy (non-hydrogen) atoms. The van der Waals surface area contributed by atoms with E-state index >= 15 is 0 Å². The van der Waals surface area contributed by atoms with Gasteiger partial charge in [-0.1, -0.05) is 13.8 Å². The van der Waals surface area contributed by atoms with E-state index in [4.69, 9.17) is 0 Å². The third-order valence-corrected chi connectivity index (χ3v) is 2.67. The summed E-state index contributed by atoms with van der Waals surface area (Å²) in [7, 11) is -0.307. The Kier molecular flexibility index (Phi) is 4.25. The monoisotopic (exact) mass is 188 g/mol. The van der Waals surface area contributed by atoms with Crippen LogP contribution < -0.4 is 5.57 Å². The predicted molar refractivity (Wildman–Crippen MR) is 53.6 cm³/mol. The van der Waals surface area contributed by atoms with Gasteiger partial charge in [-0.2, -0.15) is 0 Å². The summed E-state index contributed by atoms with van der Waals surface area (Å²) < 4.78 is 13.2. The van der Waals surface area contributed by atoms with Gasteiger partial charge in [0.1, 0.15) is 7.14 Å². The number of aromatic nitrogens is 2. The zero-order valence-electron chi connectivity index (χ0n) is 8.40. The van der Waals surface area contributed by atoms with Crippen LogP contribution >= 0.6 is 7.14 Å². The molecule has 70 valence electrons. The fraction of sp³-hybridized carbons (Fsp3) is 0.625. The molecule has 0 bridgehead atoms. The molecule has 0 aliphatic carbocycles. The van der Waals surface area contributed by atoms with Gasteiger partial charge < -0.3 is 9.13 Å². The lowest BCUT2D eigenvalue weighted by Crippen LogP contribution is -2.14. The summed E-state index contributed by atoms with van der Waals surface area (Å²) >= 11 is 0. The summed E-state index contributed by atoms with van der Waals surface area (Å²) in [6, 6.07) is 0. The van der Waals surface area contributed by atoms with E-state index < -0.39 is 7.14 Å². The zero-order valence-corrected chi connectivity index (χ0v) is 9.30. The number of imidazole rings is 1. The van der Waals surface area contributed by atoms with Crippen LogP contribution in [0.2, 0.25) is 0 Å². The van der Waals surface area contributed by atoms with Gasteiger partial charge in [0.15, 0.2) is 5.57 Å². The van der Waals surface area contributed by atoms with Crippen molar-refractivity contribution in [3.05, 3.63) is 12.4 Å². The summed E-state index contributed by atoms with van der Waals surface area (Å²) in [5.41, 5.74) is 0.688. The average Bonchev–Trinajstić information content (AvgIpc) is 2.38. The Balaban J connectivity index is 0.000000561. The highest BCUT2D eigenvalue weighted by Gasteiger charge is 2.14. The first-order valence-electron chi connectivity index (χ1n) is 4.04. The maximum absolute atomic E-state index is 11.4. The Bertz CT molecular complexity index is 274. The Morgan fingerprint density at radius 1 is 1.42 bits per heavy atom. The summed E-state index contributed by atoms with van der Waals surface area (Å²) in [6.07, 6.45) is 3.46. The highest BCUT2D eigenvalue weighted by molar-refractivity contribution is 7.69. The molecule has 4 heteroatoms. The molecular formula is C8H17N2OP. The first kappa shape index (κ1) is 11.4. The van der Waals surface area contributed by atoms with Gasteiger partial charge in [-0.25, -0.2) is 4.98 Å². The van der Waals surface area contributed by atoms with Crippen molar-refractivity contribution in [2.24, 2.45) is 7.05 Å². The molecule has 1 aromatic rings. The third-order valence-electron chi connectivity index (χ3n) is 1.28. The third kappa shape index (κ3) is 2.82. The summed E-state index contributed by atoms with van der Waals surface area (Å²) in [5, 5.41) is 0. The van der Waals surface area contributed by atoms with E-state index in [2.05, 4.69) is 4.98 Å². The second kappa shape index (κ2) is 4.46. The lowest BCUT2D eigenvalue weighted by atomic mass is 10.9. The number of rotatable bonds is 1. The van der Waals surface area contributed by atoms with E-state index in [-0.39, 0.29) is 0 Å². The molecule has 0 atom stereocenters. The van der Waals surface area contributed by atoms with Gasteiger partial charge in [0.2, 0.25) is 0 Å². The molecule has 0 amide bonds. The van der Waals surface area contributed by atoms with Crippen molar-refractivity contribution >= 4 is 12.7 Å². The fourth-order valence-corrected chi connectivity index (χ4v) is 2.05. The lowest BCUT2D eigenvalue weighted by Gasteiger charge is -2.04. The Hall–Kier alpha value is -0.560. The largest absolute Gasteiger partial charge is 0.332 e. The van der Waals surface area contributed by atoms with Crippen LogP contribution in [0.5, 0.6) is 0 Å². The Labute approximate surface area is 74.2 Å². The van der Waals surface area contributed by atoms with Crippen molar-refractivity contribution in [1.82, 2.24) is 9.55 Å². The molecule has 0 fully saturated rings. The van der Waals surface area contributed by atoms with Crippen molar-refractivity contribution in [1.29, 1.82) is 0 Å². The van der Waals surface area contributed by atoms with Crippen molar-refractivity contribution in [2.75, 3.05) is 13.3 Å². The Morgan fingerprint density at radius 2 is 1.92 bits per heavy atom. The van der Waals surface area contributed by atoms with E-state index in [1.807, 2.05) is 20.9 Å². The molecule has 0 unspecified atom stereocenters. The highest BCUT2D eigenvalue weighted by atomic mass is 31.2. The zero-order chi connectivity index (χ0) is 9.78. The molecule has 0 radical (unpaired) electrons. The SMILES string of the molecule is CC.Cn1ccnc1P(C)(C)=O. The first-order chi connectivity index (χ1) is 5.52. The standard InChI is InChI=1S/C6H11N2OP.C2H6/c1-8-5-4-7-6(8)10(2,3)9;1-2/h4-5H,1-3H3;1-2H3. The normalized spacial score (nSPS) is 10.4. The van der Waals surface area contributed by atoms with Crippen LogP contribution in [0.3, 0.4) is 0 Å². The minimum absolute atomic E-state index is 0.688. The lowest BCUT2D eigenvalue weighted by molar-refractivity contribution is 0.586. The van der Waals surface area contributed by atoms with Gasteiger partial charge in [0, 0.05) is 19.4 Å². The van der Waals surface area contributed by atoms with Crippen LogP contribution in [0.4, 0.5) is 0 Å². The predicted octanol–water partition coefficient (Wildman–Crippen LogP) is 1.69. The van der Waals surface area contributed by atoms with Crippen LogP contribution in [0.25, 0.3) is 0 Å². The number of nitrogens with zero attached hydrogens (tertiary/aromatic N) is 2. The van der Waals surface area contributed by atoms with Gasteiger partial charge in [0.05, 0.1) is 0 Å². The second-order valence-corrected chi connectivity index (χ2v) is 5.79. The van der Waals surface area contributed by atoms with Crippen LogP contribution in [-0.2, 0) is 11.6 Å². The smallest absolute Gasteiger partial charge is 0.168 e. The number of hydrogen-bond donors (Lipinski definition) is 0.